The van der Waals surface area contributed by atoms with Gasteiger partial charge in [0.25, 0.3) is 5.91 Å². The highest BCUT2D eigenvalue weighted by molar-refractivity contribution is 7.13. The molecule has 1 N–H and O–H groups in total. The summed E-state index contributed by atoms with van der Waals surface area (Å²) in [6.45, 7) is 3.51. The van der Waals surface area contributed by atoms with Crippen LogP contribution >= 0.6 is 11.3 Å². The quantitative estimate of drug-likeness (QED) is 0.921. The van der Waals surface area contributed by atoms with Gasteiger partial charge in [0, 0.05) is 29.9 Å². The van der Waals surface area contributed by atoms with Crippen molar-refractivity contribution in [3.63, 3.8) is 0 Å². The van der Waals surface area contributed by atoms with Gasteiger partial charge in [0.05, 0.1) is 4.88 Å². The number of nitrogens with zero attached hydrogens (tertiary/aromatic N) is 1. The van der Waals surface area contributed by atoms with E-state index in [2.05, 4.69) is 5.32 Å². The zero-order valence-corrected chi connectivity index (χ0v) is 14.7. The Kier molecular flexibility index (Phi) is 5.36. The van der Waals surface area contributed by atoms with E-state index in [9.17, 15) is 9.59 Å². The second-order valence-electron chi connectivity index (χ2n) is 6.82. The van der Waals surface area contributed by atoms with Crippen LogP contribution in [0.2, 0.25) is 0 Å². The maximum Gasteiger partial charge on any atom is 0.263 e. The highest BCUT2D eigenvalue weighted by Crippen LogP contribution is 2.25. The van der Waals surface area contributed by atoms with Crippen LogP contribution in [-0.2, 0) is 4.79 Å². The SMILES string of the molecule is Cc1ccc(C(=O)N2CCC(NC(=O)C3CCCCC3)CC2)s1. The molecule has 3 rings (SSSR count). The molecule has 2 heterocycles. The maximum atomic E-state index is 12.4. The van der Waals surface area contributed by atoms with E-state index in [4.69, 9.17) is 0 Å². The van der Waals surface area contributed by atoms with Gasteiger partial charge in [-0.15, -0.1) is 11.3 Å². The number of hydrogen-bond acceptors (Lipinski definition) is 3. The minimum atomic E-state index is 0.139. The summed E-state index contributed by atoms with van der Waals surface area (Å²) < 4.78 is 0. The molecule has 0 radical (unpaired) electrons. The lowest BCUT2D eigenvalue weighted by molar-refractivity contribution is -0.126. The molecule has 2 fully saturated rings. The van der Waals surface area contributed by atoms with E-state index >= 15 is 0 Å². The lowest BCUT2D eigenvalue weighted by Crippen LogP contribution is -2.48. The van der Waals surface area contributed by atoms with Crippen molar-refractivity contribution in [2.24, 2.45) is 5.92 Å². The van der Waals surface area contributed by atoms with Crippen LogP contribution in [0.3, 0.4) is 0 Å². The number of piperidine rings is 1. The monoisotopic (exact) mass is 334 g/mol. The summed E-state index contributed by atoms with van der Waals surface area (Å²) >= 11 is 1.56. The molecule has 1 aromatic heterocycles. The fraction of sp³-hybridized carbons (Fsp3) is 0.667. The second-order valence-corrected chi connectivity index (χ2v) is 8.11. The Hall–Kier alpha value is -1.36. The molecule has 0 unspecified atom stereocenters. The number of carbonyl (C=O) groups is 2. The van der Waals surface area contributed by atoms with E-state index in [1.807, 2.05) is 24.0 Å². The van der Waals surface area contributed by atoms with Crippen molar-refractivity contribution >= 4 is 23.2 Å². The van der Waals surface area contributed by atoms with Crippen LogP contribution < -0.4 is 5.32 Å². The molecule has 126 valence electrons. The van der Waals surface area contributed by atoms with E-state index in [1.165, 1.54) is 24.1 Å². The number of carbonyl (C=O) groups excluding carboxylic acids is 2. The van der Waals surface area contributed by atoms with Gasteiger partial charge in [0.2, 0.25) is 5.91 Å². The average molecular weight is 334 g/mol. The molecule has 5 heteroatoms. The highest BCUT2D eigenvalue weighted by atomic mass is 32.1. The first-order valence-electron chi connectivity index (χ1n) is 8.79. The Morgan fingerprint density at radius 2 is 1.78 bits per heavy atom. The van der Waals surface area contributed by atoms with Crippen molar-refractivity contribution in [3.05, 3.63) is 21.9 Å². The molecule has 1 saturated carbocycles. The molecule has 1 saturated heterocycles. The molecular formula is C18H26N2O2S. The molecular weight excluding hydrogens is 308 g/mol. The van der Waals surface area contributed by atoms with Crippen LogP contribution in [0.25, 0.3) is 0 Å². The summed E-state index contributed by atoms with van der Waals surface area (Å²) in [7, 11) is 0. The first kappa shape index (κ1) is 16.5. The molecule has 2 aliphatic rings. The molecule has 23 heavy (non-hydrogen) atoms. The summed E-state index contributed by atoms with van der Waals surface area (Å²) in [6, 6.07) is 4.15. The number of amides is 2. The zero-order chi connectivity index (χ0) is 16.2. The van der Waals surface area contributed by atoms with Gasteiger partial charge in [-0.05, 0) is 44.7 Å². The summed E-state index contributed by atoms with van der Waals surface area (Å²) in [5.41, 5.74) is 0. The first-order valence-corrected chi connectivity index (χ1v) is 9.61. The molecule has 0 atom stereocenters. The van der Waals surface area contributed by atoms with Crippen molar-refractivity contribution in [2.75, 3.05) is 13.1 Å². The smallest absolute Gasteiger partial charge is 0.263 e. The van der Waals surface area contributed by atoms with Gasteiger partial charge in [-0.3, -0.25) is 9.59 Å². The largest absolute Gasteiger partial charge is 0.353 e. The summed E-state index contributed by atoms with van der Waals surface area (Å²) in [5.74, 6) is 0.598. The van der Waals surface area contributed by atoms with Gasteiger partial charge in [-0.1, -0.05) is 19.3 Å². The van der Waals surface area contributed by atoms with Gasteiger partial charge < -0.3 is 10.2 Å². The van der Waals surface area contributed by atoms with E-state index in [0.717, 1.165) is 43.6 Å². The molecule has 1 aliphatic heterocycles. The lowest BCUT2D eigenvalue weighted by atomic mass is 9.88. The molecule has 0 aromatic carbocycles. The van der Waals surface area contributed by atoms with Crippen molar-refractivity contribution in [1.29, 1.82) is 0 Å². The van der Waals surface area contributed by atoms with Gasteiger partial charge in [0.15, 0.2) is 0 Å². The Labute approximate surface area is 142 Å². The number of hydrogen-bond donors (Lipinski definition) is 1. The Morgan fingerprint density at radius 1 is 1.09 bits per heavy atom. The molecule has 4 nitrogen and oxygen atoms in total. The van der Waals surface area contributed by atoms with Gasteiger partial charge in [-0.25, -0.2) is 0 Å². The summed E-state index contributed by atoms with van der Waals surface area (Å²) in [4.78, 5) is 28.7. The molecule has 0 spiro atoms. The predicted molar refractivity (Wildman–Crippen MR) is 92.7 cm³/mol. The lowest BCUT2D eigenvalue weighted by Gasteiger charge is -2.33. The third-order valence-corrected chi connectivity index (χ3v) is 6.04. The summed E-state index contributed by atoms with van der Waals surface area (Å²) in [5, 5.41) is 3.22. The van der Waals surface area contributed by atoms with Crippen molar-refractivity contribution in [3.8, 4) is 0 Å². The summed E-state index contributed by atoms with van der Waals surface area (Å²) in [6.07, 6.45) is 7.47. The standard InChI is InChI=1S/C18H26N2O2S/c1-13-7-8-16(23-13)18(22)20-11-9-15(10-12-20)19-17(21)14-5-3-2-4-6-14/h7-8,14-15H,2-6,9-12H2,1H3,(H,19,21). The number of rotatable bonds is 3. The highest BCUT2D eigenvalue weighted by Gasteiger charge is 2.27. The first-order chi connectivity index (χ1) is 11.1. The number of likely N-dealkylation sites (tertiary alicyclic amines) is 1. The Bertz CT molecular complexity index is 555. The third kappa shape index (κ3) is 4.14. The van der Waals surface area contributed by atoms with E-state index in [0.29, 0.717) is 0 Å². The Morgan fingerprint density at radius 3 is 2.39 bits per heavy atom. The van der Waals surface area contributed by atoms with Crippen molar-refractivity contribution < 1.29 is 9.59 Å². The molecule has 1 aromatic rings. The Balaban J connectivity index is 1.46. The van der Waals surface area contributed by atoms with Crippen molar-refractivity contribution in [1.82, 2.24) is 10.2 Å². The minimum Gasteiger partial charge on any atom is -0.353 e. The van der Waals surface area contributed by atoms with Gasteiger partial charge in [0.1, 0.15) is 0 Å². The molecule has 2 amide bonds. The maximum absolute atomic E-state index is 12.4. The van der Waals surface area contributed by atoms with Crippen LogP contribution in [0.5, 0.6) is 0 Å². The average Bonchev–Trinajstić information content (AvgIpc) is 3.02. The normalized spacial score (nSPS) is 20.5. The van der Waals surface area contributed by atoms with Crippen LogP contribution in [0, 0.1) is 12.8 Å². The number of nitrogens with one attached hydrogen (secondary N) is 1. The number of thiophene rings is 1. The molecule has 0 bridgehead atoms. The van der Waals surface area contributed by atoms with Gasteiger partial charge >= 0.3 is 0 Å². The second kappa shape index (κ2) is 7.47. The van der Waals surface area contributed by atoms with Crippen LogP contribution in [0.4, 0.5) is 0 Å². The van der Waals surface area contributed by atoms with Gasteiger partial charge in [-0.2, -0.15) is 0 Å². The van der Waals surface area contributed by atoms with E-state index in [-0.39, 0.29) is 23.8 Å². The van der Waals surface area contributed by atoms with Crippen LogP contribution in [-0.4, -0.2) is 35.8 Å². The minimum absolute atomic E-state index is 0.139. The third-order valence-electron chi connectivity index (χ3n) is 5.06. The predicted octanol–water partition coefficient (Wildman–Crippen LogP) is 3.36. The van der Waals surface area contributed by atoms with Crippen LogP contribution in [0.15, 0.2) is 12.1 Å². The fourth-order valence-corrected chi connectivity index (χ4v) is 4.45. The number of aryl methyl sites for hydroxylation is 1. The van der Waals surface area contributed by atoms with E-state index < -0.39 is 0 Å². The molecule has 1 aliphatic carbocycles. The topological polar surface area (TPSA) is 49.4 Å². The zero-order valence-electron chi connectivity index (χ0n) is 13.8. The fourth-order valence-electron chi connectivity index (χ4n) is 3.62. The van der Waals surface area contributed by atoms with E-state index in [1.54, 1.807) is 11.3 Å². The van der Waals surface area contributed by atoms with Crippen molar-refractivity contribution in [2.45, 2.75) is 57.9 Å². The van der Waals surface area contributed by atoms with Crippen LogP contribution in [0.1, 0.15) is 59.5 Å².